The molecule has 8 nitrogen and oxygen atoms in total. The highest BCUT2D eigenvalue weighted by molar-refractivity contribution is 6.01. The van der Waals surface area contributed by atoms with Crippen LogP contribution in [0.5, 0.6) is 0 Å². The van der Waals surface area contributed by atoms with Crippen molar-refractivity contribution >= 4 is 34.3 Å². The number of rotatable bonds is 7. The average Bonchev–Trinajstić information content (AvgIpc) is 3.24. The quantitative estimate of drug-likeness (QED) is 0.396. The number of nitrogens with zero attached hydrogens (tertiary/aromatic N) is 3. The fourth-order valence-electron chi connectivity index (χ4n) is 4.32. The summed E-state index contributed by atoms with van der Waals surface area (Å²) in [5.41, 5.74) is 3.67. The molecule has 0 bridgehead atoms. The Hall–Kier alpha value is -3.81. The lowest BCUT2D eigenvalue weighted by Gasteiger charge is -2.16. The van der Waals surface area contributed by atoms with Crippen LogP contribution in [0.3, 0.4) is 0 Å². The number of amides is 1. The smallest absolute Gasteiger partial charge is 0.306 e. The zero-order chi connectivity index (χ0) is 24.4. The van der Waals surface area contributed by atoms with E-state index >= 15 is 0 Å². The summed E-state index contributed by atoms with van der Waals surface area (Å²) in [6, 6.07) is 10.7. The van der Waals surface area contributed by atoms with Gasteiger partial charge in [0.15, 0.2) is 6.10 Å². The van der Waals surface area contributed by atoms with Gasteiger partial charge in [0.05, 0.1) is 17.2 Å². The molecule has 0 radical (unpaired) electrons. The van der Waals surface area contributed by atoms with E-state index in [9.17, 15) is 19.2 Å². The number of ketones is 1. The zero-order valence-electron chi connectivity index (χ0n) is 19.5. The molecule has 0 spiro atoms. The van der Waals surface area contributed by atoms with Gasteiger partial charge in [0.2, 0.25) is 11.7 Å². The first-order valence-electron chi connectivity index (χ1n) is 11.4. The lowest BCUT2D eigenvalue weighted by atomic mass is 10.0. The van der Waals surface area contributed by atoms with Crippen LogP contribution < -0.4 is 10.5 Å². The SMILES string of the molecule is CC(=O)N1CCc2cc(C(=O)C(C)OC(=O)CCCn3cnc4c(C)cccc4c3=O)ccc21. The normalized spacial score (nSPS) is 13.6. The van der Waals surface area contributed by atoms with Gasteiger partial charge in [-0.25, -0.2) is 4.98 Å². The first-order chi connectivity index (χ1) is 16.3. The average molecular weight is 462 g/mol. The van der Waals surface area contributed by atoms with Crippen LogP contribution in [0.1, 0.15) is 48.2 Å². The molecule has 1 unspecified atom stereocenters. The lowest BCUT2D eigenvalue weighted by Crippen LogP contribution is -2.26. The molecule has 0 aliphatic carbocycles. The molecule has 0 saturated carbocycles. The van der Waals surface area contributed by atoms with E-state index < -0.39 is 12.1 Å². The van der Waals surface area contributed by atoms with Gasteiger partial charge in [-0.3, -0.25) is 23.7 Å². The molecule has 4 rings (SSSR count). The number of hydrogen-bond acceptors (Lipinski definition) is 6. The van der Waals surface area contributed by atoms with Crippen molar-refractivity contribution in [2.45, 2.75) is 52.7 Å². The number of carbonyl (C=O) groups excluding carboxylic acids is 3. The molecule has 0 fully saturated rings. The zero-order valence-corrected chi connectivity index (χ0v) is 19.5. The van der Waals surface area contributed by atoms with Crippen molar-refractivity contribution in [3.05, 3.63) is 69.8 Å². The maximum absolute atomic E-state index is 12.8. The summed E-state index contributed by atoms with van der Waals surface area (Å²) >= 11 is 0. The van der Waals surface area contributed by atoms with Gasteiger partial charge in [0.1, 0.15) is 0 Å². The van der Waals surface area contributed by atoms with E-state index in [1.54, 1.807) is 36.1 Å². The maximum atomic E-state index is 12.8. The minimum atomic E-state index is -0.927. The number of ether oxygens (including phenoxy) is 1. The second-order valence-corrected chi connectivity index (χ2v) is 8.58. The maximum Gasteiger partial charge on any atom is 0.306 e. The van der Waals surface area contributed by atoms with Crippen LogP contribution in [0.15, 0.2) is 47.5 Å². The number of aryl methyl sites for hydroxylation is 2. The van der Waals surface area contributed by atoms with Crippen LogP contribution in [0.25, 0.3) is 10.9 Å². The van der Waals surface area contributed by atoms with Gasteiger partial charge in [-0.1, -0.05) is 12.1 Å². The third-order valence-electron chi connectivity index (χ3n) is 6.15. The molecule has 3 aromatic rings. The number of fused-ring (bicyclic) bond motifs is 2. The highest BCUT2D eigenvalue weighted by Crippen LogP contribution is 2.29. The van der Waals surface area contributed by atoms with E-state index in [4.69, 9.17) is 4.74 Å². The monoisotopic (exact) mass is 461 g/mol. The summed E-state index contributed by atoms with van der Waals surface area (Å²) in [7, 11) is 0. The largest absolute Gasteiger partial charge is 0.454 e. The van der Waals surface area contributed by atoms with Gasteiger partial charge < -0.3 is 9.64 Å². The fraction of sp³-hybridized carbons (Fsp3) is 0.346. The predicted octanol–water partition coefficient (Wildman–Crippen LogP) is 3.21. The van der Waals surface area contributed by atoms with E-state index in [-0.39, 0.29) is 23.7 Å². The van der Waals surface area contributed by atoms with Crippen LogP contribution in [0, 0.1) is 6.92 Å². The predicted molar refractivity (Wildman–Crippen MR) is 128 cm³/mol. The van der Waals surface area contributed by atoms with Crippen molar-refractivity contribution in [3.63, 3.8) is 0 Å². The minimum absolute atomic E-state index is 0.0306. The number of esters is 1. The Labute approximate surface area is 197 Å². The number of aromatic nitrogens is 2. The number of anilines is 1. The molecule has 2 heterocycles. The van der Waals surface area contributed by atoms with E-state index in [0.29, 0.717) is 42.4 Å². The molecule has 1 atom stereocenters. The Kier molecular flexibility index (Phi) is 6.58. The van der Waals surface area contributed by atoms with Crippen molar-refractivity contribution in [2.75, 3.05) is 11.4 Å². The topological polar surface area (TPSA) is 98.6 Å². The number of hydrogen-bond donors (Lipinski definition) is 0. The van der Waals surface area contributed by atoms with Gasteiger partial charge >= 0.3 is 5.97 Å². The van der Waals surface area contributed by atoms with Crippen molar-refractivity contribution < 1.29 is 19.1 Å². The standard InChI is InChI=1S/C26H27N3O5/c1-16-6-4-7-21-24(16)27-15-28(26(21)33)12-5-8-23(31)34-17(2)25(32)20-9-10-22-19(14-20)11-13-29(22)18(3)30/h4,6-7,9-10,14-15,17H,5,8,11-13H2,1-3H3. The molecule has 1 amide bonds. The molecular formula is C26H27N3O5. The van der Waals surface area contributed by atoms with E-state index in [1.165, 1.54) is 17.8 Å². The van der Waals surface area contributed by atoms with E-state index in [0.717, 1.165) is 16.8 Å². The third-order valence-corrected chi connectivity index (χ3v) is 6.15. The Morgan fingerprint density at radius 1 is 1.18 bits per heavy atom. The van der Waals surface area contributed by atoms with Crippen molar-refractivity contribution in [3.8, 4) is 0 Å². The van der Waals surface area contributed by atoms with Crippen LogP contribution in [-0.2, 0) is 27.3 Å². The summed E-state index contributed by atoms with van der Waals surface area (Å²) in [5.74, 6) is -0.817. The highest BCUT2D eigenvalue weighted by Gasteiger charge is 2.25. The molecular weight excluding hydrogens is 434 g/mol. The van der Waals surface area contributed by atoms with Gasteiger partial charge in [-0.2, -0.15) is 0 Å². The first kappa shape index (κ1) is 23.4. The number of carbonyl (C=O) groups is 3. The van der Waals surface area contributed by atoms with Crippen LogP contribution in [0.4, 0.5) is 5.69 Å². The van der Waals surface area contributed by atoms with Crippen LogP contribution in [-0.4, -0.2) is 39.9 Å². The number of Topliss-reactive ketones (excluding diaryl/α,β-unsaturated/α-hetero) is 1. The summed E-state index contributed by atoms with van der Waals surface area (Å²) in [6.07, 6.45) is 1.72. The number of para-hydroxylation sites is 1. The number of benzene rings is 2. The van der Waals surface area contributed by atoms with Crippen molar-refractivity contribution in [2.24, 2.45) is 0 Å². The molecule has 1 aromatic heterocycles. The van der Waals surface area contributed by atoms with Crippen molar-refractivity contribution in [1.29, 1.82) is 0 Å². The molecule has 1 aliphatic heterocycles. The molecule has 2 aromatic carbocycles. The van der Waals surface area contributed by atoms with E-state index in [1.807, 2.05) is 19.1 Å². The van der Waals surface area contributed by atoms with E-state index in [2.05, 4.69) is 4.98 Å². The molecule has 0 saturated heterocycles. The molecule has 34 heavy (non-hydrogen) atoms. The van der Waals surface area contributed by atoms with Crippen molar-refractivity contribution in [1.82, 2.24) is 9.55 Å². The summed E-state index contributed by atoms with van der Waals surface area (Å²) in [6.45, 7) is 5.90. The summed E-state index contributed by atoms with van der Waals surface area (Å²) < 4.78 is 6.83. The molecule has 8 heteroatoms. The lowest BCUT2D eigenvalue weighted by molar-refractivity contribution is -0.146. The molecule has 1 aliphatic rings. The Morgan fingerprint density at radius 2 is 1.97 bits per heavy atom. The fourth-order valence-corrected chi connectivity index (χ4v) is 4.32. The summed E-state index contributed by atoms with van der Waals surface area (Å²) in [4.78, 5) is 55.5. The minimum Gasteiger partial charge on any atom is -0.454 e. The third kappa shape index (κ3) is 4.62. The Bertz CT molecular complexity index is 1340. The first-order valence-corrected chi connectivity index (χ1v) is 11.4. The second-order valence-electron chi connectivity index (χ2n) is 8.58. The Morgan fingerprint density at radius 3 is 2.74 bits per heavy atom. The van der Waals surface area contributed by atoms with Gasteiger partial charge in [0, 0.05) is 37.7 Å². The second kappa shape index (κ2) is 9.59. The molecule has 0 N–H and O–H groups in total. The highest BCUT2D eigenvalue weighted by atomic mass is 16.5. The van der Waals surface area contributed by atoms with Gasteiger partial charge in [-0.05, 0) is 62.1 Å². The van der Waals surface area contributed by atoms with Gasteiger partial charge in [0.25, 0.3) is 5.56 Å². The summed E-state index contributed by atoms with van der Waals surface area (Å²) in [5, 5.41) is 0.546. The van der Waals surface area contributed by atoms with Gasteiger partial charge in [-0.15, -0.1) is 0 Å². The molecule has 176 valence electrons. The Balaban J connectivity index is 1.33. The van der Waals surface area contributed by atoms with Crippen LogP contribution in [0.2, 0.25) is 0 Å². The van der Waals surface area contributed by atoms with Crippen LogP contribution >= 0.6 is 0 Å².